The number of rotatable bonds is 0. The van der Waals surface area contributed by atoms with Gasteiger partial charge < -0.3 is 4.57 Å². The zero-order chi connectivity index (χ0) is 8.72. The maximum atomic E-state index is 4.15. The van der Waals surface area contributed by atoms with Crippen molar-refractivity contribution in [3.63, 3.8) is 0 Å². The molecule has 0 bridgehead atoms. The number of aromatic nitrogens is 2. The molecule has 1 heterocycles. The lowest BCUT2D eigenvalue weighted by Gasteiger charge is -1.99. The van der Waals surface area contributed by atoms with Crippen LogP contribution in [0.5, 0.6) is 0 Å². The highest BCUT2D eigenvalue weighted by molar-refractivity contribution is 9.10. The topological polar surface area (TPSA) is 17.8 Å². The van der Waals surface area contributed by atoms with E-state index in [1.54, 1.807) is 0 Å². The second-order valence-corrected chi connectivity index (χ2v) is 3.78. The van der Waals surface area contributed by atoms with Crippen molar-refractivity contribution in [2.24, 2.45) is 7.05 Å². The first-order valence-corrected chi connectivity index (χ1v) is 4.48. The van der Waals surface area contributed by atoms with E-state index in [2.05, 4.69) is 40.2 Å². The van der Waals surface area contributed by atoms with Crippen molar-refractivity contribution in [2.45, 2.75) is 6.92 Å². The van der Waals surface area contributed by atoms with Crippen molar-refractivity contribution >= 4 is 27.0 Å². The third-order valence-corrected chi connectivity index (χ3v) is 2.36. The molecule has 0 aliphatic carbocycles. The molecule has 1 radical (unpaired) electrons. The van der Waals surface area contributed by atoms with Crippen LogP contribution in [0.4, 0.5) is 0 Å². The Hall–Kier alpha value is -0.830. The summed E-state index contributed by atoms with van der Waals surface area (Å²) in [5.41, 5.74) is 3.36. The summed E-state index contributed by atoms with van der Waals surface area (Å²) in [5, 5.41) is 0. The maximum absolute atomic E-state index is 4.15. The zero-order valence-electron chi connectivity index (χ0n) is 6.93. The Bertz CT molecular complexity index is 431. The Morgan fingerprint density at radius 2 is 2.25 bits per heavy atom. The standard InChI is InChI=1S/C9H8BrN2/c1-6-3-7(10)4-8-9(6)12(2)5-11-8/h3-4H,1-2H3. The van der Waals surface area contributed by atoms with Gasteiger partial charge in [0.25, 0.3) is 0 Å². The molecule has 3 heteroatoms. The van der Waals surface area contributed by atoms with E-state index in [0.29, 0.717) is 0 Å². The van der Waals surface area contributed by atoms with Crippen LogP contribution in [-0.4, -0.2) is 9.55 Å². The first-order chi connectivity index (χ1) is 5.68. The monoisotopic (exact) mass is 223 g/mol. The molecule has 61 valence electrons. The van der Waals surface area contributed by atoms with Crippen LogP contribution in [0, 0.1) is 13.3 Å². The molecule has 0 amide bonds. The van der Waals surface area contributed by atoms with Crippen LogP contribution < -0.4 is 0 Å². The lowest BCUT2D eigenvalue weighted by Crippen LogP contribution is -1.87. The van der Waals surface area contributed by atoms with E-state index in [0.717, 1.165) is 15.5 Å². The molecule has 0 saturated carbocycles. The van der Waals surface area contributed by atoms with E-state index >= 15 is 0 Å². The van der Waals surface area contributed by atoms with Gasteiger partial charge in [0.1, 0.15) is 0 Å². The summed E-state index contributed by atoms with van der Waals surface area (Å²) in [6.45, 7) is 2.07. The number of imidazole rings is 1. The van der Waals surface area contributed by atoms with Gasteiger partial charge in [0.15, 0.2) is 6.33 Å². The molecule has 0 spiro atoms. The van der Waals surface area contributed by atoms with Crippen LogP contribution in [0.25, 0.3) is 11.0 Å². The van der Waals surface area contributed by atoms with Gasteiger partial charge in [0.2, 0.25) is 0 Å². The number of halogens is 1. The van der Waals surface area contributed by atoms with E-state index < -0.39 is 0 Å². The van der Waals surface area contributed by atoms with Crippen molar-refractivity contribution in [1.29, 1.82) is 0 Å². The average molecular weight is 224 g/mol. The Morgan fingerprint density at radius 3 is 3.00 bits per heavy atom. The summed E-state index contributed by atoms with van der Waals surface area (Å²) in [5.74, 6) is 0. The first kappa shape index (κ1) is 7.80. The fourth-order valence-electron chi connectivity index (χ4n) is 1.42. The van der Waals surface area contributed by atoms with Crippen molar-refractivity contribution in [3.05, 3.63) is 28.5 Å². The van der Waals surface area contributed by atoms with E-state index in [1.165, 1.54) is 5.56 Å². The molecule has 0 unspecified atom stereocenters. The third kappa shape index (κ3) is 1.05. The van der Waals surface area contributed by atoms with Gasteiger partial charge in [0.05, 0.1) is 11.0 Å². The molecule has 0 saturated heterocycles. The van der Waals surface area contributed by atoms with Crippen LogP contribution in [-0.2, 0) is 7.05 Å². The normalized spacial score (nSPS) is 10.9. The summed E-state index contributed by atoms with van der Waals surface area (Å²) in [6, 6.07) is 4.08. The van der Waals surface area contributed by atoms with Gasteiger partial charge in [-0.15, -0.1) is 0 Å². The molecular formula is C9H8BrN2. The quantitative estimate of drug-likeness (QED) is 0.672. The summed E-state index contributed by atoms with van der Waals surface area (Å²) in [6.07, 6.45) is 2.89. The van der Waals surface area contributed by atoms with Crippen LogP contribution in [0.3, 0.4) is 0 Å². The number of benzene rings is 1. The second-order valence-electron chi connectivity index (χ2n) is 2.86. The fraction of sp³-hybridized carbons (Fsp3) is 0.222. The number of aryl methyl sites for hydroxylation is 2. The van der Waals surface area contributed by atoms with Gasteiger partial charge in [-0.05, 0) is 24.6 Å². The molecular weight excluding hydrogens is 216 g/mol. The Balaban J connectivity index is 2.93. The number of hydrogen-bond donors (Lipinski definition) is 0. The number of fused-ring (bicyclic) bond motifs is 1. The van der Waals surface area contributed by atoms with Gasteiger partial charge in [-0.25, -0.2) is 4.98 Å². The van der Waals surface area contributed by atoms with Gasteiger partial charge in [-0.3, -0.25) is 0 Å². The van der Waals surface area contributed by atoms with Crippen LogP contribution >= 0.6 is 15.9 Å². The Morgan fingerprint density at radius 1 is 1.50 bits per heavy atom. The molecule has 2 aromatic rings. The van der Waals surface area contributed by atoms with Crippen molar-refractivity contribution in [2.75, 3.05) is 0 Å². The van der Waals surface area contributed by atoms with Crippen molar-refractivity contribution in [1.82, 2.24) is 9.55 Å². The molecule has 12 heavy (non-hydrogen) atoms. The van der Waals surface area contributed by atoms with Gasteiger partial charge in [-0.2, -0.15) is 0 Å². The number of nitrogens with zero attached hydrogens (tertiary/aromatic N) is 2. The van der Waals surface area contributed by atoms with Gasteiger partial charge in [-0.1, -0.05) is 15.9 Å². The molecule has 2 nitrogen and oxygen atoms in total. The van der Waals surface area contributed by atoms with Crippen LogP contribution in [0.2, 0.25) is 0 Å². The molecule has 0 aliphatic heterocycles. The predicted octanol–water partition coefficient (Wildman–Crippen LogP) is 2.44. The molecule has 0 fully saturated rings. The molecule has 1 aromatic heterocycles. The highest BCUT2D eigenvalue weighted by Gasteiger charge is 2.03. The van der Waals surface area contributed by atoms with Crippen LogP contribution in [0.15, 0.2) is 16.6 Å². The smallest absolute Gasteiger partial charge is 0.177 e. The lowest BCUT2D eigenvalue weighted by atomic mass is 10.2. The Labute approximate surface area is 79.3 Å². The van der Waals surface area contributed by atoms with E-state index in [-0.39, 0.29) is 0 Å². The summed E-state index contributed by atoms with van der Waals surface area (Å²) in [7, 11) is 1.95. The first-order valence-electron chi connectivity index (χ1n) is 3.69. The fourth-order valence-corrected chi connectivity index (χ4v) is 1.98. The highest BCUT2D eigenvalue weighted by Crippen LogP contribution is 2.21. The molecule has 0 atom stereocenters. The Kier molecular flexibility index (Phi) is 1.68. The lowest BCUT2D eigenvalue weighted by molar-refractivity contribution is 0.932. The van der Waals surface area contributed by atoms with Crippen molar-refractivity contribution in [3.8, 4) is 0 Å². The molecule has 1 aromatic carbocycles. The van der Waals surface area contributed by atoms with Gasteiger partial charge >= 0.3 is 0 Å². The molecule has 2 rings (SSSR count). The minimum absolute atomic E-state index is 0.990. The summed E-state index contributed by atoms with van der Waals surface area (Å²) >= 11 is 3.43. The summed E-state index contributed by atoms with van der Waals surface area (Å²) in [4.78, 5) is 4.15. The second kappa shape index (κ2) is 2.59. The van der Waals surface area contributed by atoms with E-state index in [1.807, 2.05) is 17.7 Å². The zero-order valence-corrected chi connectivity index (χ0v) is 8.51. The van der Waals surface area contributed by atoms with Gasteiger partial charge in [0, 0.05) is 11.5 Å². The molecule has 0 aliphatic rings. The highest BCUT2D eigenvalue weighted by atomic mass is 79.9. The minimum atomic E-state index is 0.990. The maximum Gasteiger partial charge on any atom is 0.177 e. The average Bonchev–Trinajstić information content (AvgIpc) is 2.31. The largest absolute Gasteiger partial charge is 0.324 e. The predicted molar refractivity (Wildman–Crippen MR) is 52.0 cm³/mol. The minimum Gasteiger partial charge on any atom is -0.324 e. The summed E-state index contributed by atoms with van der Waals surface area (Å²) < 4.78 is 2.98. The van der Waals surface area contributed by atoms with Crippen molar-refractivity contribution < 1.29 is 0 Å². The van der Waals surface area contributed by atoms with E-state index in [9.17, 15) is 0 Å². The number of hydrogen-bond acceptors (Lipinski definition) is 1. The molecule has 0 N–H and O–H groups in total. The van der Waals surface area contributed by atoms with Crippen LogP contribution in [0.1, 0.15) is 5.56 Å². The SMILES string of the molecule is Cc1cc(Br)cc2n[c]n(C)c12. The third-order valence-electron chi connectivity index (χ3n) is 1.90. The van der Waals surface area contributed by atoms with E-state index in [4.69, 9.17) is 0 Å².